The van der Waals surface area contributed by atoms with Gasteiger partial charge in [-0.3, -0.25) is 9.69 Å². The highest BCUT2D eigenvalue weighted by molar-refractivity contribution is 7.21. The number of nitrogens with zero attached hydrogens (tertiary/aromatic N) is 2. The van der Waals surface area contributed by atoms with E-state index in [1.54, 1.807) is 0 Å². The highest BCUT2D eigenvalue weighted by atomic mass is 35.5. The van der Waals surface area contributed by atoms with E-state index in [0.29, 0.717) is 33.0 Å². The Bertz CT molecular complexity index is 1270. The molecule has 4 heterocycles. The van der Waals surface area contributed by atoms with Crippen LogP contribution in [0.2, 0.25) is 5.02 Å². The Morgan fingerprint density at radius 2 is 2.12 bits per heavy atom. The second kappa shape index (κ2) is 8.15. The number of halogens is 4. The Morgan fingerprint density at radius 1 is 1.30 bits per heavy atom. The van der Waals surface area contributed by atoms with Crippen LogP contribution in [0.1, 0.15) is 28.1 Å². The van der Waals surface area contributed by atoms with E-state index in [1.807, 2.05) is 0 Å². The summed E-state index contributed by atoms with van der Waals surface area (Å²) >= 11 is 6.86. The molecule has 0 aliphatic carbocycles. The Kier molecular flexibility index (Phi) is 5.42. The lowest BCUT2D eigenvalue weighted by Crippen LogP contribution is -2.45. The summed E-state index contributed by atoms with van der Waals surface area (Å²) < 4.78 is 40.2. The number of hydrogen-bond donors (Lipinski definition) is 3. The lowest BCUT2D eigenvalue weighted by atomic mass is 10.1. The molecule has 33 heavy (non-hydrogen) atoms. The van der Waals surface area contributed by atoms with Gasteiger partial charge in [0, 0.05) is 18.8 Å². The minimum atomic E-state index is -4.68. The number of aromatic nitrogens is 1. The van der Waals surface area contributed by atoms with Crippen LogP contribution < -0.4 is 20.9 Å². The number of piperidine rings is 1. The maximum atomic E-state index is 13.4. The largest absolute Gasteiger partial charge is 0.417 e. The van der Waals surface area contributed by atoms with Crippen molar-refractivity contribution >= 4 is 62.2 Å². The summed E-state index contributed by atoms with van der Waals surface area (Å²) in [6, 6.07) is 4.09. The topological polar surface area (TPSA) is 86.4 Å². The predicted octanol–water partition coefficient (Wildman–Crippen LogP) is 5.13. The number of thiophene rings is 1. The molecule has 3 N–H and O–H groups in total. The lowest BCUT2D eigenvalue weighted by Gasteiger charge is -2.29. The number of carbonyl (C=O) groups excluding carboxylic acids is 2. The maximum absolute atomic E-state index is 13.4. The minimum Gasteiger partial charge on any atom is -0.347 e. The first-order chi connectivity index (χ1) is 15.7. The van der Waals surface area contributed by atoms with E-state index in [0.717, 1.165) is 47.8 Å². The normalized spacial score (nSPS) is 18.4. The molecule has 7 nitrogen and oxygen atoms in total. The van der Waals surface area contributed by atoms with Crippen molar-refractivity contribution in [2.24, 2.45) is 0 Å². The first-order valence-corrected chi connectivity index (χ1v) is 11.3. The average Bonchev–Trinajstić information content (AvgIpc) is 3.14. The van der Waals surface area contributed by atoms with Gasteiger partial charge >= 0.3 is 12.2 Å². The number of rotatable bonds is 3. The molecular weight excluding hydrogens is 479 g/mol. The lowest BCUT2D eigenvalue weighted by molar-refractivity contribution is -0.137. The number of urea groups is 1. The second-order valence-corrected chi connectivity index (χ2v) is 9.17. The molecule has 1 saturated heterocycles. The van der Waals surface area contributed by atoms with Gasteiger partial charge in [0.25, 0.3) is 5.91 Å². The van der Waals surface area contributed by atoms with Crippen LogP contribution in [0.15, 0.2) is 30.5 Å². The molecule has 5 rings (SSSR count). The average molecular weight is 496 g/mol. The molecule has 12 heteroatoms. The highest BCUT2D eigenvalue weighted by Gasteiger charge is 2.37. The molecule has 0 saturated carbocycles. The molecular formula is C21H17ClF3N5O2S. The molecule has 1 unspecified atom stereocenters. The summed E-state index contributed by atoms with van der Waals surface area (Å²) in [7, 11) is 0. The fourth-order valence-corrected chi connectivity index (χ4v) is 5.34. The van der Waals surface area contributed by atoms with Crippen LogP contribution >= 0.6 is 22.9 Å². The molecule has 0 spiro atoms. The van der Waals surface area contributed by atoms with E-state index in [9.17, 15) is 22.8 Å². The van der Waals surface area contributed by atoms with Crippen LogP contribution in [0.3, 0.4) is 0 Å². The molecule has 1 atom stereocenters. The summed E-state index contributed by atoms with van der Waals surface area (Å²) in [5, 5.41) is 8.92. The maximum Gasteiger partial charge on any atom is 0.417 e. The van der Waals surface area contributed by atoms with Crippen LogP contribution in [0.25, 0.3) is 10.2 Å². The van der Waals surface area contributed by atoms with E-state index >= 15 is 0 Å². The van der Waals surface area contributed by atoms with Crippen LogP contribution in [-0.4, -0.2) is 36.1 Å². The fraction of sp³-hybridized carbons (Fsp3) is 0.286. The molecule has 2 aliphatic heterocycles. The van der Waals surface area contributed by atoms with E-state index in [1.165, 1.54) is 18.3 Å². The van der Waals surface area contributed by atoms with Crippen LogP contribution in [0.4, 0.5) is 35.0 Å². The third kappa shape index (κ3) is 3.90. The second-order valence-electron chi connectivity index (χ2n) is 7.76. The van der Waals surface area contributed by atoms with Crippen molar-refractivity contribution in [3.8, 4) is 0 Å². The standard InChI is InChI=1S/C21H17ClF3N5O2S/c22-13-4-3-11(8-12(13)21(23,24)25)30-14-5-7-27-19-15(14)16(29-20(30)32)17(33-19)18(31)28-10-2-1-6-26-9-10/h3-5,7-8,10,26H,1-2,6,9H2,(H,28,31)(H,29,32). The number of pyridine rings is 1. The number of alkyl halides is 3. The molecule has 172 valence electrons. The van der Waals surface area contributed by atoms with E-state index in [4.69, 9.17) is 11.6 Å². The van der Waals surface area contributed by atoms with Crippen molar-refractivity contribution < 1.29 is 22.8 Å². The Balaban J connectivity index is 1.57. The van der Waals surface area contributed by atoms with Crippen molar-refractivity contribution in [1.82, 2.24) is 15.6 Å². The van der Waals surface area contributed by atoms with Gasteiger partial charge in [0.05, 0.1) is 33.0 Å². The number of anilines is 3. The molecule has 3 aromatic rings. The van der Waals surface area contributed by atoms with Crippen LogP contribution in [-0.2, 0) is 6.18 Å². The third-order valence-electron chi connectivity index (χ3n) is 5.60. The van der Waals surface area contributed by atoms with E-state index < -0.39 is 22.8 Å². The Labute approximate surface area is 194 Å². The van der Waals surface area contributed by atoms with Gasteiger partial charge in [-0.1, -0.05) is 11.6 Å². The first-order valence-electron chi connectivity index (χ1n) is 10.1. The van der Waals surface area contributed by atoms with E-state index in [-0.39, 0.29) is 17.6 Å². The highest BCUT2D eigenvalue weighted by Crippen LogP contribution is 2.46. The number of hydrogen-bond acceptors (Lipinski definition) is 5. The molecule has 0 bridgehead atoms. The first kappa shape index (κ1) is 21.9. The zero-order valence-electron chi connectivity index (χ0n) is 16.9. The Hall–Kier alpha value is -2.89. The summed E-state index contributed by atoms with van der Waals surface area (Å²) in [5.41, 5.74) is -0.403. The molecule has 0 radical (unpaired) electrons. The fourth-order valence-electron chi connectivity index (χ4n) is 4.10. The summed E-state index contributed by atoms with van der Waals surface area (Å²) in [5.74, 6) is -0.327. The molecule has 2 aromatic heterocycles. The van der Waals surface area contributed by atoms with Crippen molar-refractivity contribution in [1.29, 1.82) is 0 Å². The summed E-state index contributed by atoms with van der Waals surface area (Å²) in [6.07, 6.45) is -1.43. The minimum absolute atomic E-state index is 0.00661. The zero-order chi connectivity index (χ0) is 23.3. The quantitative estimate of drug-likeness (QED) is 0.470. The number of nitrogens with one attached hydrogen (secondary N) is 3. The van der Waals surface area contributed by atoms with Gasteiger partial charge in [0.2, 0.25) is 0 Å². The third-order valence-corrected chi connectivity index (χ3v) is 7.02. The van der Waals surface area contributed by atoms with Gasteiger partial charge in [-0.2, -0.15) is 13.2 Å². The summed E-state index contributed by atoms with van der Waals surface area (Å²) in [4.78, 5) is 32.3. The van der Waals surface area contributed by atoms with Gasteiger partial charge in [-0.05, 0) is 43.7 Å². The van der Waals surface area contributed by atoms with Crippen molar-refractivity contribution in [3.05, 3.63) is 45.9 Å². The monoisotopic (exact) mass is 495 g/mol. The SMILES string of the molecule is O=C(NC1CCCNC1)c1sc2nccc3c2c1NC(=O)N3c1ccc(Cl)c(C(F)(F)F)c1. The molecule has 1 fully saturated rings. The zero-order valence-corrected chi connectivity index (χ0v) is 18.5. The van der Waals surface area contributed by atoms with Gasteiger partial charge in [0.15, 0.2) is 0 Å². The van der Waals surface area contributed by atoms with Crippen LogP contribution in [0.5, 0.6) is 0 Å². The molecule has 2 aliphatic rings. The number of amides is 3. The number of benzene rings is 1. The van der Waals surface area contributed by atoms with Crippen molar-refractivity contribution in [2.75, 3.05) is 23.3 Å². The molecule has 1 aromatic carbocycles. The smallest absolute Gasteiger partial charge is 0.347 e. The van der Waals surface area contributed by atoms with Gasteiger partial charge in [-0.15, -0.1) is 11.3 Å². The van der Waals surface area contributed by atoms with Gasteiger partial charge < -0.3 is 16.0 Å². The Morgan fingerprint density at radius 3 is 2.85 bits per heavy atom. The summed E-state index contributed by atoms with van der Waals surface area (Å²) in [6.45, 7) is 1.56. The van der Waals surface area contributed by atoms with Gasteiger partial charge in [-0.25, -0.2) is 9.78 Å². The predicted molar refractivity (Wildman–Crippen MR) is 121 cm³/mol. The number of carbonyl (C=O) groups is 2. The van der Waals surface area contributed by atoms with E-state index in [2.05, 4.69) is 20.9 Å². The van der Waals surface area contributed by atoms with Crippen molar-refractivity contribution in [3.63, 3.8) is 0 Å². The van der Waals surface area contributed by atoms with Crippen LogP contribution in [0, 0.1) is 0 Å². The van der Waals surface area contributed by atoms with Crippen molar-refractivity contribution in [2.45, 2.75) is 25.1 Å². The molecule has 3 amide bonds. The van der Waals surface area contributed by atoms with Gasteiger partial charge in [0.1, 0.15) is 9.71 Å².